The molecule has 0 atom stereocenters. The zero-order chi connectivity index (χ0) is 20.5. The van der Waals surface area contributed by atoms with Gasteiger partial charge in [-0.2, -0.15) is 5.26 Å². The van der Waals surface area contributed by atoms with E-state index in [1.54, 1.807) is 30.3 Å². The van der Waals surface area contributed by atoms with Crippen LogP contribution in [0, 0.1) is 17.1 Å². The SMILES string of the molecule is CCOc1ccc(/C=C(\C#N)C(=O)OCC(=O)Nc2ccc(F)cc2Cl)cc1. The zero-order valence-electron chi connectivity index (χ0n) is 14.9. The Bertz CT molecular complexity index is 936. The summed E-state index contributed by atoms with van der Waals surface area (Å²) in [5, 5.41) is 11.6. The number of amides is 1. The molecule has 0 aliphatic carbocycles. The molecule has 0 saturated heterocycles. The quantitative estimate of drug-likeness (QED) is 0.430. The normalized spacial score (nSPS) is 10.7. The molecule has 0 spiro atoms. The molecule has 8 heteroatoms. The van der Waals surface area contributed by atoms with Gasteiger partial charge in [0.25, 0.3) is 5.91 Å². The lowest BCUT2D eigenvalue weighted by Crippen LogP contribution is -2.21. The Morgan fingerprint density at radius 2 is 1.96 bits per heavy atom. The Morgan fingerprint density at radius 3 is 2.57 bits per heavy atom. The molecule has 144 valence electrons. The number of esters is 1. The molecule has 2 aromatic carbocycles. The standard InChI is InChI=1S/C20H16ClFN2O4/c1-2-27-16-6-3-13(4-7-16)9-14(11-23)20(26)28-12-19(25)24-18-8-5-15(22)10-17(18)21/h3-10H,2,12H2,1H3,(H,24,25)/b14-9+. The van der Waals surface area contributed by atoms with E-state index in [1.165, 1.54) is 12.1 Å². The van der Waals surface area contributed by atoms with Crippen LogP contribution in [0.25, 0.3) is 6.08 Å². The van der Waals surface area contributed by atoms with E-state index in [9.17, 15) is 14.0 Å². The lowest BCUT2D eigenvalue weighted by atomic mass is 10.1. The van der Waals surface area contributed by atoms with Gasteiger partial charge in [0, 0.05) is 0 Å². The van der Waals surface area contributed by atoms with E-state index in [0.717, 1.165) is 12.1 Å². The summed E-state index contributed by atoms with van der Waals surface area (Å²) in [6, 6.07) is 12.0. The molecule has 0 aromatic heterocycles. The molecule has 0 aliphatic rings. The van der Waals surface area contributed by atoms with Crippen molar-refractivity contribution in [2.75, 3.05) is 18.5 Å². The first kappa shape index (κ1) is 20.9. The molecule has 28 heavy (non-hydrogen) atoms. The van der Waals surface area contributed by atoms with Crippen LogP contribution in [0.15, 0.2) is 48.0 Å². The van der Waals surface area contributed by atoms with Gasteiger partial charge in [0.05, 0.1) is 17.3 Å². The number of anilines is 1. The van der Waals surface area contributed by atoms with E-state index < -0.39 is 24.3 Å². The van der Waals surface area contributed by atoms with E-state index in [4.69, 9.17) is 26.3 Å². The summed E-state index contributed by atoms with van der Waals surface area (Å²) in [5.74, 6) is -1.51. The fourth-order valence-corrected chi connectivity index (χ4v) is 2.33. The molecule has 2 aromatic rings. The molecule has 6 nitrogen and oxygen atoms in total. The smallest absolute Gasteiger partial charge is 0.349 e. The summed E-state index contributed by atoms with van der Waals surface area (Å²) < 4.78 is 23.2. The van der Waals surface area contributed by atoms with E-state index >= 15 is 0 Å². The summed E-state index contributed by atoms with van der Waals surface area (Å²) in [6.07, 6.45) is 1.34. The van der Waals surface area contributed by atoms with Crippen molar-refractivity contribution in [3.63, 3.8) is 0 Å². The van der Waals surface area contributed by atoms with Gasteiger partial charge in [-0.1, -0.05) is 23.7 Å². The Morgan fingerprint density at radius 1 is 1.25 bits per heavy atom. The van der Waals surface area contributed by atoms with Gasteiger partial charge < -0.3 is 14.8 Å². The number of benzene rings is 2. The van der Waals surface area contributed by atoms with Crippen molar-refractivity contribution >= 4 is 35.2 Å². The number of halogens is 2. The van der Waals surface area contributed by atoms with Gasteiger partial charge in [0.15, 0.2) is 6.61 Å². The van der Waals surface area contributed by atoms with Crippen LogP contribution in [-0.4, -0.2) is 25.1 Å². The van der Waals surface area contributed by atoms with Gasteiger partial charge >= 0.3 is 5.97 Å². The minimum Gasteiger partial charge on any atom is -0.494 e. The number of nitrogens with one attached hydrogen (secondary N) is 1. The first-order valence-corrected chi connectivity index (χ1v) is 8.57. The molecule has 1 N–H and O–H groups in total. The van der Waals surface area contributed by atoms with Crippen molar-refractivity contribution in [3.8, 4) is 11.8 Å². The number of hydrogen-bond donors (Lipinski definition) is 1. The fraction of sp³-hybridized carbons (Fsp3) is 0.150. The molecule has 0 aliphatic heterocycles. The average Bonchev–Trinajstić information content (AvgIpc) is 2.68. The van der Waals surface area contributed by atoms with Crippen molar-refractivity contribution in [2.45, 2.75) is 6.92 Å². The third-order valence-corrected chi connectivity index (χ3v) is 3.69. The predicted octanol–water partition coefficient (Wildman–Crippen LogP) is 3.97. The topological polar surface area (TPSA) is 88.4 Å². The zero-order valence-corrected chi connectivity index (χ0v) is 15.6. The minimum absolute atomic E-state index is 0.00721. The summed E-state index contributed by atoms with van der Waals surface area (Å²) in [4.78, 5) is 23.9. The molecule has 1 amide bonds. The van der Waals surface area contributed by atoms with Crippen LogP contribution in [-0.2, 0) is 14.3 Å². The highest BCUT2D eigenvalue weighted by Crippen LogP contribution is 2.22. The van der Waals surface area contributed by atoms with Crippen LogP contribution in [0.4, 0.5) is 10.1 Å². The highest BCUT2D eigenvalue weighted by Gasteiger charge is 2.14. The number of carbonyl (C=O) groups excluding carboxylic acids is 2. The largest absolute Gasteiger partial charge is 0.494 e. The Labute approximate surface area is 166 Å². The maximum absolute atomic E-state index is 13.0. The van der Waals surface area contributed by atoms with Crippen molar-refractivity contribution < 1.29 is 23.5 Å². The Balaban J connectivity index is 1.95. The lowest BCUT2D eigenvalue weighted by Gasteiger charge is -2.08. The van der Waals surface area contributed by atoms with Crippen molar-refractivity contribution in [2.24, 2.45) is 0 Å². The summed E-state index contributed by atoms with van der Waals surface area (Å²) in [5.41, 5.74) is 0.505. The summed E-state index contributed by atoms with van der Waals surface area (Å²) >= 11 is 5.81. The second-order valence-electron chi connectivity index (χ2n) is 5.42. The van der Waals surface area contributed by atoms with Crippen LogP contribution < -0.4 is 10.1 Å². The highest BCUT2D eigenvalue weighted by molar-refractivity contribution is 6.33. The molecule has 0 bridgehead atoms. The van der Waals surface area contributed by atoms with Crippen LogP contribution in [0.1, 0.15) is 12.5 Å². The lowest BCUT2D eigenvalue weighted by molar-refractivity contribution is -0.142. The maximum Gasteiger partial charge on any atom is 0.349 e. The Hall–Kier alpha value is -3.37. The van der Waals surface area contributed by atoms with E-state index in [-0.39, 0.29) is 16.3 Å². The summed E-state index contributed by atoms with van der Waals surface area (Å²) in [6.45, 7) is 1.75. The third kappa shape index (κ3) is 6.11. The molecular weight excluding hydrogens is 387 g/mol. The van der Waals surface area contributed by atoms with Crippen LogP contribution in [0.5, 0.6) is 5.75 Å². The Kier molecular flexibility index (Phi) is 7.55. The second kappa shape index (κ2) is 10.1. The number of nitrogens with zero attached hydrogens (tertiary/aromatic N) is 1. The van der Waals surface area contributed by atoms with Gasteiger partial charge in [0.2, 0.25) is 0 Å². The van der Waals surface area contributed by atoms with E-state index in [2.05, 4.69) is 5.32 Å². The first-order chi connectivity index (χ1) is 13.4. The van der Waals surface area contributed by atoms with Gasteiger partial charge in [0.1, 0.15) is 23.2 Å². The first-order valence-electron chi connectivity index (χ1n) is 8.19. The molecule has 2 rings (SSSR count). The van der Waals surface area contributed by atoms with Crippen molar-refractivity contribution in [3.05, 3.63) is 64.4 Å². The van der Waals surface area contributed by atoms with Gasteiger partial charge in [-0.05, 0) is 48.9 Å². The number of hydrogen-bond acceptors (Lipinski definition) is 5. The second-order valence-corrected chi connectivity index (χ2v) is 5.83. The van der Waals surface area contributed by atoms with Gasteiger partial charge in [-0.3, -0.25) is 4.79 Å². The molecule has 0 unspecified atom stereocenters. The molecular formula is C20H16ClFN2O4. The average molecular weight is 403 g/mol. The molecule has 0 heterocycles. The third-order valence-electron chi connectivity index (χ3n) is 3.38. The number of carbonyl (C=O) groups is 2. The van der Waals surface area contributed by atoms with Gasteiger partial charge in [-0.15, -0.1) is 0 Å². The van der Waals surface area contributed by atoms with Gasteiger partial charge in [-0.25, -0.2) is 9.18 Å². The predicted molar refractivity (Wildman–Crippen MR) is 102 cm³/mol. The highest BCUT2D eigenvalue weighted by atomic mass is 35.5. The van der Waals surface area contributed by atoms with Crippen LogP contribution in [0.2, 0.25) is 5.02 Å². The molecule has 0 fully saturated rings. The van der Waals surface area contributed by atoms with Crippen molar-refractivity contribution in [1.29, 1.82) is 5.26 Å². The number of nitriles is 1. The molecule has 0 saturated carbocycles. The maximum atomic E-state index is 13.0. The fourth-order valence-electron chi connectivity index (χ4n) is 2.12. The monoisotopic (exact) mass is 402 g/mol. The summed E-state index contributed by atoms with van der Waals surface area (Å²) in [7, 11) is 0. The number of rotatable bonds is 7. The number of ether oxygens (including phenoxy) is 2. The van der Waals surface area contributed by atoms with Crippen LogP contribution in [0.3, 0.4) is 0 Å². The van der Waals surface area contributed by atoms with Crippen LogP contribution >= 0.6 is 11.6 Å². The van der Waals surface area contributed by atoms with E-state index in [0.29, 0.717) is 17.9 Å². The van der Waals surface area contributed by atoms with E-state index in [1.807, 2.05) is 6.92 Å². The van der Waals surface area contributed by atoms with Crippen molar-refractivity contribution in [1.82, 2.24) is 0 Å². The minimum atomic E-state index is -0.947. The molecule has 0 radical (unpaired) electrons.